The van der Waals surface area contributed by atoms with E-state index in [9.17, 15) is 14.4 Å². The smallest absolute Gasteiger partial charge is 0.436 e. The molecule has 29 heavy (non-hydrogen) atoms. The topological polar surface area (TPSA) is 104 Å². The highest BCUT2D eigenvalue weighted by Crippen LogP contribution is 2.33. The fraction of sp³-hybridized carbons (Fsp3) is 0.368. The van der Waals surface area contributed by atoms with Crippen LogP contribution in [0.2, 0.25) is 0 Å². The molecule has 10 heteroatoms. The summed E-state index contributed by atoms with van der Waals surface area (Å²) in [6, 6.07) is 4.96. The molecule has 0 aliphatic rings. The highest BCUT2D eigenvalue weighted by atomic mass is 32.1. The van der Waals surface area contributed by atoms with Gasteiger partial charge < -0.3 is 19.4 Å². The Balaban J connectivity index is 2.02. The molecule has 0 saturated carbocycles. The monoisotopic (exact) mass is 418 g/mol. The molecule has 154 valence electrons. The van der Waals surface area contributed by atoms with Gasteiger partial charge in [-0.05, 0) is 45.9 Å². The van der Waals surface area contributed by atoms with Gasteiger partial charge in [0.25, 0.3) is 5.91 Å². The number of aryl methyl sites for hydroxylation is 1. The molecule has 0 spiro atoms. The van der Waals surface area contributed by atoms with Crippen LogP contribution in [0.15, 0.2) is 24.4 Å². The first kappa shape index (κ1) is 20.6. The molecule has 0 aliphatic carbocycles. The number of esters is 1. The normalized spacial score (nSPS) is 11.5. The van der Waals surface area contributed by atoms with Gasteiger partial charge in [-0.3, -0.25) is 4.79 Å². The third kappa shape index (κ3) is 4.32. The van der Waals surface area contributed by atoms with Crippen molar-refractivity contribution >= 4 is 45.3 Å². The predicted molar refractivity (Wildman–Crippen MR) is 109 cm³/mol. The number of hydrogen-bond acceptors (Lipinski definition) is 7. The van der Waals surface area contributed by atoms with Crippen molar-refractivity contribution in [3.63, 3.8) is 0 Å². The van der Waals surface area contributed by atoms with E-state index in [-0.39, 0.29) is 12.4 Å². The number of ether oxygens (including phenoxy) is 2. The number of nitrogens with zero attached hydrogens (tertiary/aromatic N) is 3. The van der Waals surface area contributed by atoms with Crippen LogP contribution >= 0.6 is 11.3 Å². The lowest BCUT2D eigenvalue weighted by atomic mass is 10.2. The summed E-state index contributed by atoms with van der Waals surface area (Å²) in [5.41, 5.74) is -0.240. The molecule has 0 aliphatic heterocycles. The molecule has 3 rings (SSSR count). The minimum Gasteiger partial charge on any atom is -0.456 e. The van der Waals surface area contributed by atoms with Crippen LogP contribution < -0.4 is 5.32 Å². The lowest BCUT2D eigenvalue weighted by Gasteiger charge is -2.18. The first-order valence-electron chi connectivity index (χ1n) is 8.96. The number of rotatable bonds is 4. The Morgan fingerprint density at radius 1 is 1.28 bits per heavy atom. The first-order valence-corrected chi connectivity index (χ1v) is 9.78. The van der Waals surface area contributed by atoms with E-state index in [1.165, 1.54) is 0 Å². The molecule has 3 aromatic rings. The molecule has 9 nitrogen and oxygen atoms in total. The van der Waals surface area contributed by atoms with Crippen molar-refractivity contribution in [1.82, 2.24) is 14.3 Å². The average molecular weight is 418 g/mol. The number of amides is 1. The van der Waals surface area contributed by atoms with Crippen molar-refractivity contribution < 1.29 is 23.9 Å². The van der Waals surface area contributed by atoms with Gasteiger partial charge in [-0.25, -0.2) is 9.59 Å². The van der Waals surface area contributed by atoms with E-state index in [0.29, 0.717) is 20.8 Å². The van der Waals surface area contributed by atoms with E-state index < -0.39 is 23.6 Å². The Morgan fingerprint density at radius 3 is 2.59 bits per heavy atom. The molecule has 0 atom stereocenters. The van der Waals surface area contributed by atoms with Crippen LogP contribution in [0.25, 0.3) is 10.2 Å². The zero-order chi connectivity index (χ0) is 21.3. The van der Waals surface area contributed by atoms with Gasteiger partial charge in [-0.2, -0.15) is 4.68 Å². The number of carbonyl (C=O) groups is 3. The van der Waals surface area contributed by atoms with Gasteiger partial charge in [0, 0.05) is 13.2 Å². The van der Waals surface area contributed by atoms with Gasteiger partial charge in [-0.15, -0.1) is 16.4 Å². The number of thiophene rings is 1. The number of nitrogens with one attached hydrogen (secondary N) is 1. The van der Waals surface area contributed by atoms with E-state index >= 15 is 0 Å². The molecule has 0 radical (unpaired) electrons. The van der Waals surface area contributed by atoms with Crippen molar-refractivity contribution in [2.45, 2.75) is 33.3 Å². The largest absolute Gasteiger partial charge is 0.456 e. The van der Waals surface area contributed by atoms with Gasteiger partial charge in [0.15, 0.2) is 5.82 Å². The molecule has 1 amide bonds. The van der Waals surface area contributed by atoms with Crippen molar-refractivity contribution in [3.8, 4) is 0 Å². The first-order chi connectivity index (χ1) is 13.6. The highest BCUT2D eigenvalue weighted by Gasteiger charge is 2.26. The zero-order valence-electron chi connectivity index (χ0n) is 16.8. The third-order valence-corrected chi connectivity index (χ3v) is 4.90. The zero-order valence-corrected chi connectivity index (χ0v) is 17.6. The molecule has 3 heterocycles. The summed E-state index contributed by atoms with van der Waals surface area (Å²) < 4.78 is 13.1. The summed E-state index contributed by atoms with van der Waals surface area (Å²) in [6.07, 6.45) is 1.04. The fourth-order valence-electron chi connectivity index (χ4n) is 2.61. The lowest BCUT2D eigenvalue weighted by molar-refractivity contribution is 0.00751. The summed E-state index contributed by atoms with van der Waals surface area (Å²) in [5.74, 6) is -0.753. The number of carbonyl (C=O) groups excluding carboxylic acids is 3. The van der Waals surface area contributed by atoms with Gasteiger partial charge in [-0.1, -0.05) is 0 Å². The molecule has 0 saturated heterocycles. The van der Waals surface area contributed by atoms with Crippen molar-refractivity contribution in [2.24, 2.45) is 7.05 Å². The van der Waals surface area contributed by atoms with Gasteiger partial charge in [0.1, 0.15) is 21.0 Å². The van der Waals surface area contributed by atoms with Gasteiger partial charge in [0.2, 0.25) is 0 Å². The molecule has 1 N–H and O–H groups in total. The Hall–Kier alpha value is -3.14. The van der Waals surface area contributed by atoms with Crippen LogP contribution in [0, 0.1) is 0 Å². The van der Waals surface area contributed by atoms with Crippen LogP contribution in [-0.4, -0.2) is 44.5 Å². The molecule has 3 aromatic heterocycles. The highest BCUT2D eigenvalue weighted by molar-refractivity contribution is 7.20. The molecule has 0 fully saturated rings. The van der Waals surface area contributed by atoms with E-state index in [4.69, 9.17) is 9.47 Å². The molecule has 0 aromatic carbocycles. The Labute approximate surface area is 171 Å². The summed E-state index contributed by atoms with van der Waals surface area (Å²) in [4.78, 5) is 38.0. The second-order valence-corrected chi connectivity index (χ2v) is 8.28. The van der Waals surface area contributed by atoms with Crippen LogP contribution in [-0.2, 0) is 16.5 Å². The maximum absolute atomic E-state index is 12.6. The lowest BCUT2D eigenvalue weighted by Crippen LogP contribution is -2.23. The van der Waals surface area contributed by atoms with E-state index in [1.54, 1.807) is 63.7 Å². The number of anilines is 1. The third-order valence-electron chi connectivity index (χ3n) is 3.81. The number of aromatic nitrogens is 3. The van der Waals surface area contributed by atoms with Crippen LogP contribution in [0.4, 0.5) is 10.6 Å². The quantitative estimate of drug-likeness (QED) is 0.649. The number of fused-ring (bicyclic) bond motifs is 1. The van der Waals surface area contributed by atoms with Gasteiger partial charge in [0.05, 0.1) is 12.0 Å². The maximum atomic E-state index is 12.6. The van der Waals surface area contributed by atoms with E-state index in [1.807, 2.05) is 0 Å². The summed E-state index contributed by atoms with van der Waals surface area (Å²) >= 11 is 1.04. The average Bonchev–Trinajstić information content (AvgIpc) is 3.29. The standard InChI is InChI=1S/C19H22N4O5S/c1-6-27-18(26)23-16-11(10-13(29-16)17(25)28-19(2,3)4)14(21-23)20-15(24)12-8-7-9-22(12)5/h7-10H,6H2,1-5H3,(H,20,21,24). The van der Waals surface area contributed by atoms with Crippen LogP contribution in [0.1, 0.15) is 47.9 Å². The van der Waals surface area contributed by atoms with Crippen molar-refractivity contribution in [1.29, 1.82) is 0 Å². The van der Waals surface area contributed by atoms with E-state index in [0.717, 1.165) is 16.0 Å². The van der Waals surface area contributed by atoms with Crippen LogP contribution in [0.5, 0.6) is 0 Å². The molecular formula is C19H22N4O5S. The minimum absolute atomic E-state index is 0.158. The molecular weight excluding hydrogens is 396 g/mol. The second-order valence-electron chi connectivity index (χ2n) is 7.25. The van der Waals surface area contributed by atoms with Crippen LogP contribution in [0.3, 0.4) is 0 Å². The summed E-state index contributed by atoms with van der Waals surface area (Å²) in [5, 5.41) is 7.33. The summed E-state index contributed by atoms with van der Waals surface area (Å²) in [6.45, 7) is 7.14. The van der Waals surface area contributed by atoms with Crippen molar-refractivity contribution in [3.05, 3.63) is 35.0 Å². The predicted octanol–water partition coefficient (Wildman–Crippen LogP) is 3.65. The molecule has 0 unspecified atom stereocenters. The SMILES string of the molecule is CCOC(=O)n1nc(NC(=O)c2cccn2C)c2cc(C(=O)OC(C)(C)C)sc21. The van der Waals surface area contributed by atoms with Gasteiger partial charge >= 0.3 is 12.1 Å². The fourth-order valence-corrected chi connectivity index (χ4v) is 3.58. The Bertz CT molecular complexity index is 1090. The maximum Gasteiger partial charge on any atom is 0.436 e. The second kappa shape index (κ2) is 7.70. The Kier molecular flexibility index (Phi) is 5.47. The Morgan fingerprint density at radius 2 is 2.00 bits per heavy atom. The number of hydrogen-bond donors (Lipinski definition) is 1. The summed E-state index contributed by atoms with van der Waals surface area (Å²) in [7, 11) is 1.74. The molecule has 0 bridgehead atoms. The van der Waals surface area contributed by atoms with Crippen molar-refractivity contribution in [2.75, 3.05) is 11.9 Å². The van der Waals surface area contributed by atoms with E-state index in [2.05, 4.69) is 10.4 Å². The minimum atomic E-state index is -0.700.